The molecule has 0 fully saturated rings. The Morgan fingerprint density at radius 2 is 2.03 bits per heavy atom. The molecule has 172 valence electrons. The van der Waals surface area contributed by atoms with E-state index in [-0.39, 0.29) is 11.8 Å². The van der Waals surface area contributed by atoms with E-state index in [4.69, 9.17) is 9.47 Å². The Labute approximate surface area is 197 Å². The van der Waals surface area contributed by atoms with E-state index in [0.717, 1.165) is 21.1 Å². The molecule has 4 rings (SSSR count). The topological polar surface area (TPSA) is 80.8 Å². The predicted molar refractivity (Wildman–Crippen MR) is 130 cm³/mol. The number of amides is 2. The van der Waals surface area contributed by atoms with Crippen LogP contribution in [0.4, 0.5) is 11.4 Å². The zero-order valence-electron chi connectivity index (χ0n) is 19.3. The second-order valence-corrected chi connectivity index (χ2v) is 9.29. The second kappa shape index (κ2) is 9.23. The molecule has 7 nitrogen and oxygen atoms in total. The lowest BCUT2D eigenvalue weighted by Crippen LogP contribution is -2.52. The number of nitrogens with zero attached hydrogens (tertiary/aromatic N) is 2. The van der Waals surface area contributed by atoms with Gasteiger partial charge in [0.25, 0.3) is 5.91 Å². The molecule has 2 unspecified atom stereocenters. The zero-order chi connectivity index (χ0) is 23.7. The summed E-state index contributed by atoms with van der Waals surface area (Å²) in [5.74, 6) is 0.553. The number of benzene rings is 2. The van der Waals surface area contributed by atoms with Crippen molar-refractivity contribution in [2.24, 2.45) is 0 Å². The largest absolute Gasteiger partial charge is 0.492 e. The first-order valence-electron chi connectivity index (χ1n) is 10.9. The number of carbonyl (C=O) groups is 2. The van der Waals surface area contributed by atoms with Gasteiger partial charge in [0.15, 0.2) is 6.10 Å². The highest BCUT2D eigenvalue weighted by molar-refractivity contribution is 7.11. The summed E-state index contributed by atoms with van der Waals surface area (Å²) in [6.07, 6.45) is -0.697. The summed E-state index contributed by atoms with van der Waals surface area (Å²) in [4.78, 5) is 33.6. The van der Waals surface area contributed by atoms with Crippen LogP contribution in [0.3, 0.4) is 0 Å². The van der Waals surface area contributed by atoms with E-state index >= 15 is 0 Å². The molecule has 2 amide bonds. The number of hydrogen-bond donors (Lipinski definition) is 1. The Morgan fingerprint density at radius 1 is 1.27 bits per heavy atom. The molecule has 1 N–H and O–H groups in total. The molecule has 0 radical (unpaired) electrons. The lowest BCUT2D eigenvalue weighted by molar-refractivity contribution is -0.128. The van der Waals surface area contributed by atoms with E-state index in [1.54, 1.807) is 37.3 Å². The highest BCUT2D eigenvalue weighted by atomic mass is 32.1. The van der Waals surface area contributed by atoms with Gasteiger partial charge in [-0.2, -0.15) is 0 Å². The Kier molecular flexibility index (Phi) is 6.37. The third-order valence-electron chi connectivity index (χ3n) is 5.50. The van der Waals surface area contributed by atoms with Gasteiger partial charge >= 0.3 is 0 Å². The molecule has 33 heavy (non-hydrogen) atoms. The van der Waals surface area contributed by atoms with Crippen molar-refractivity contribution in [3.05, 3.63) is 52.3 Å². The van der Waals surface area contributed by atoms with Crippen molar-refractivity contribution in [3.8, 4) is 22.8 Å². The van der Waals surface area contributed by atoms with E-state index < -0.39 is 12.1 Å². The van der Waals surface area contributed by atoms with Crippen LogP contribution in [0.2, 0.25) is 0 Å². The molecule has 2 aromatic carbocycles. The third kappa shape index (κ3) is 4.43. The SMILES string of the molecule is CCOc1ccccc1NC(=O)C(C)N1C(=O)C(C)Oc2ccc(-c3nc(C)sc3C)cc21. The average Bonchev–Trinajstić information content (AvgIpc) is 3.13. The summed E-state index contributed by atoms with van der Waals surface area (Å²) in [5, 5.41) is 3.88. The highest BCUT2D eigenvalue weighted by Gasteiger charge is 2.37. The van der Waals surface area contributed by atoms with Crippen molar-refractivity contribution >= 4 is 34.5 Å². The average molecular weight is 466 g/mol. The Hall–Kier alpha value is -3.39. The summed E-state index contributed by atoms with van der Waals surface area (Å²) in [6, 6.07) is 12.1. The normalized spacial score (nSPS) is 16.1. The standard InChI is InChI=1S/C25H27N3O4S/c1-6-31-21-10-8-7-9-19(21)27-24(29)14(2)28-20-13-18(23-16(4)33-17(5)26-23)11-12-22(20)32-15(3)25(28)30/h7-15H,6H2,1-5H3,(H,27,29). The van der Waals surface area contributed by atoms with Crippen molar-refractivity contribution < 1.29 is 19.1 Å². The number of ether oxygens (including phenoxy) is 2. The van der Waals surface area contributed by atoms with Gasteiger partial charge in [0, 0.05) is 10.4 Å². The number of aromatic nitrogens is 1. The summed E-state index contributed by atoms with van der Waals surface area (Å²) in [7, 11) is 0. The van der Waals surface area contributed by atoms with Gasteiger partial charge < -0.3 is 14.8 Å². The molecule has 1 aliphatic heterocycles. The summed E-state index contributed by atoms with van der Waals surface area (Å²) < 4.78 is 11.5. The number of rotatable bonds is 6. The van der Waals surface area contributed by atoms with Crippen molar-refractivity contribution in [2.45, 2.75) is 46.8 Å². The van der Waals surface area contributed by atoms with Crippen LogP contribution in [0.5, 0.6) is 11.5 Å². The number of fused-ring (bicyclic) bond motifs is 1. The first kappa shape index (κ1) is 22.8. The molecule has 8 heteroatoms. The van der Waals surface area contributed by atoms with Gasteiger partial charge in [-0.25, -0.2) is 4.98 Å². The first-order chi connectivity index (χ1) is 15.8. The summed E-state index contributed by atoms with van der Waals surface area (Å²) >= 11 is 1.62. The maximum atomic E-state index is 13.2. The van der Waals surface area contributed by atoms with E-state index in [1.807, 2.05) is 51.1 Å². The van der Waals surface area contributed by atoms with Gasteiger partial charge in [-0.1, -0.05) is 12.1 Å². The van der Waals surface area contributed by atoms with Crippen molar-refractivity contribution in [3.63, 3.8) is 0 Å². The highest BCUT2D eigenvalue weighted by Crippen LogP contribution is 2.40. The third-order valence-corrected chi connectivity index (χ3v) is 6.38. The number of aryl methyl sites for hydroxylation is 2. The van der Waals surface area contributed by atoms with E-state index in [0.29, 0.717) is 29.5 Å². The van der Waals surface area contributed by atoms with E-state index in [1.165, 1.54) is 4.90 Å². The monoisotopic (exact) mass is 465 g/mol. The maximum Gasteiger partial charge on any atom is 0.268 e. The van der Waals surface area contributed by atoms with Crippen LogP contribution in [-0.4, -0.2) is 35.6 Å². The van der Waals surface area contributed by atoms with Gasteiger partial charge in [-0.15, -0.1) is 11.3 Å². The quantitative estimate of drug-likeness (QED) is 0.556. The van der Waals surface area contributed by atoms with Crippen LogP contribution < -0.4 is 19.7 Å². The fourth-order valence-electron chi connectivity index (χ4n) is 3.91. The molecule has 2 heterocycles. The second-order valence-electron chi connectivity index (χ2n) is 7.88. The number of para-hydroxylation sites is 2. The Bertz CT molecular complexity index is 1210. The number of anilines is 2. The fourth-order valence-corrected chi connectivity index (χ4v) is 4.75. The number of carbonyl (C=O) groups excluding carboxylic acids is 2. The van der Waals surface area contributed by atoms with Gasteiger partial charge in [0.1, 0.15) is 17.5 Å². The number of nitrogens with one attached hydrogen (secondary N) is 1. The number of thiazole rings is 1. The Balaban J connectivity index is 1.68. The van der Waals surface area contributed by atoms with Crippen LogP contribution in [0.25, 0.3) is 11.3 Å². The fraction of sp³-hybridized carbons (Fsp3) is 0.320. The molecule has 0 bridgehead atoms. The number of hydrogen-bond acceptors (Lipinski definition) is 6. The summed E-state index contributed by atoms with van der Waals surface area (Å²) in [6.45, 7) is 9.75. The molecular formula is C25H27N3O4S. The van der Waals surface area contributed by atoms with Gasteiger partial charge in [0.2, 0.25) is 5.91 Å². The van der Waals surface area contributed by atoms with Crippen LogP contribution in [0, 0.1) is 13.8 Å². The minimum atomic E-state index is -0.772. The van der Waals surface area contributed by atoms with Crippen molar-refractivity contribution in [2.75, 3.05) is 16.8 Å². The molecule has 0 saturated carbocycles. The minimum Gasteiger partial charge on any atom is -0.492 e. The molecule has 0 spiro atoms. The molecule has 1 aliphatic rings. The van der Waals surface area contributed by atoms with E-state index in [9.17, 15) is 9.59 Å². The van der Waals surface area contributed by atoms with Gasteiger partial charge in [0.05, 0.1) is 28.7 Å². The van der Waals surface area contributed by atoms with Gasteiger partial charge in [-0.05, 0) is 65.0 Å². The molecule has 1 aromatic heterocycles. The maximum absolute atomic E-state index is 13.2. The minimum absolute atomic E-state index is 0.272. The Morgan fingerprint density at radius 3 is 2.73 bits per heavy atom. The lowest BCUT2D eigenvalue weighted by Gasteiger charge is -2.36. The van der Waals surface area contributed by atoms with Crippen LogP contribution in [0.15, 0.2) is 42.5 Å². The van der Waals surface area contributed by atoms with Crippen LogP contribution >= 0.6 is 11.3 Å². The van der Waals surface area contributed by atoms with Crippen LogP contribution in [-0.2, 0) is 9.59 Å². The van der Waals surface area contributed by atoms with Gasteiger partial charge in [-0.3, -0.25) is 14.5 Å². The molecular weight excluding hydrogens is 438 g/mol. The van der Waals surface area contributed by atoms with Crippen LogP contribution in [0.1, 0.15) is 30.7 Å². The first-order valence-corrected chi connectivity index (χ1v) is 11.7. The smallest absolute Gasteiger partial charge is 0.268 e. The van der Waals surface area contributed by atoms with E-state index in [2.05, 4.69) is 10.3 Å². The molecule has 3 aromatic rings. The van der Waals surface area contributed by atoms with Crippen molar-refractivity contribution in [1.29, 1.82) is 0 Å². The lowest BCUT2D eigenvalue weighted by atomic mass is 10.1. The predicted octanol–water partition coefficient (Wildman–Crippen LogP) is 4.97. The molecule has 0 aliphatic carbocycles. The summed E-state index contributed by atoms with van der Waals surface area (Å²) in [5.41, 5.74) is 2.86. The van der Waals surface area contributed by atoms with Crippen molar-refractivity contribution in [1.82, 2.24) is 4.98 Å². The molecule has 2 atom stereocenters. The molecule has 0 saturated heterocycles. The zero-order valence-corrected chi connectivity index (χ0v) is 20.2.